The molecule has 0 spiro atoms. The van der Waals surface area contributed by atoms with Crippen LogP contribution in [0.3, 0.4) is 0 Å². The van der Waals surface area contributed by atoms with Crippen molar-refractivity contribution >= 4 is 45.7 Å². The molecule has 1 amide bonds. The first-order valence-corrected chi connectivity index (χ1v) is 12.5. The number of allylic oxidation sites excluding steroid dienone is 1. The van der Waals surface area contributed by atoms with E-state index in [2.05, 4.69) is 37.1 Å². The summed E-state index contributed by atoms with van der Waals surface area (Å²) in [4.78, 5) is 30.0. The molecule has 2 unspecified atom stereocenters. The normalized spacial score (nSPS) is 18.1. The Balaban J connectivity index is 1.23. The topological polar surface area (TPSA) is 110 Å². The van der Waals surface area contributed by atoms with Crippen LogP contribution in [0, 0.1) is 0 Å². The maximum absolute atomic E-state index is 14.3. The first-order chi connectivity index (χ1) is 17.7. The van der Waals surface area contributed by atoms with E-state index in [9.17, 15) is 13.6 Å². The van der Waals surface area contributed by atoms with Gasteiger partial charge in [-0.15, -0.1) is 17.9 Å². The smallest absolute Gasteiger partial charge is 0.278 e. The fourth-order valence-corrected chi connectivity index (χ4v) is 5.00. The Kier molecular flexibility index (Phi) is 6.75. The lowest BCUT2D eigenvalue weighted by molar-refractivity contribution is -0.000775. The molecule has 4 aromatic rings. The summed E-state index contributed by atoms with van der Waals surface area (Å²) in [7, 11) is 1.92. The van der Waals surface area contributed by atoms with E-state index in [0.717, 1.165) is 35.1 Å². The molecule has 2 N–H and O–H groups in total. The number of anilines is 1. The monoisotopic (exact) mass is 545 g/mol. The lowest BCUT2D eigenvalue weighted by atomic mass is 10.1. The van der Waals surface area contributed by atoms with Gasteiger partial charge in [-0.25, -0.2) is 28.7 Å². The van der Waals surface area contributed by atoms with Crippen LogP contribution in [0.15, 0.2) is 49.7 Å². The van der Waals surface area contributed by atoms with Crippen LogP contribution >= 0.6 is 22.9 Å². The van der Waals surface area contributed by atoms with Gasteiger partial charge in [0.25, 0.3) is 11.8 Å². The van der Waals surface area contributed by atoms with Crippen LogP contribution in [0.1, 0.15) is 51.4 Å². The highest BCUT2D eigenvalue weighted by Gasteiger charge is 2.43. The Hall–Kier alpha value is -3.32. The van der Waals surface area contributed by atoms with E-state index in [-0.39, 0.29) is 29.2 Å². The number of nitrogens with zero attached hydrogens (tertiary/aromatic N) is 5. The number of pyridine rings is 1. The Morgan fingerprint density at radius 2 is 2.16 bits per heavy atom. The summed E-state index contributed by atoms with van der Waals surface area (Å²) in [6.07, 6.45) is 5.99. The van der Waals surface area contributed by atoms with E-state index in [0.29, 0.717) is 9.88 Å². The number of hydrogen-bond donors (Lipinski definition) is 2. The molecule has 13 heteroatoms. The highest BCUT2D eigenvalue weighted by molar-refractivity contribution is 7.13. The number of alkyl halides is 2. The third-order valence-corrected chi connectivity index (χ3v) is 7.36. The fraction of sp³-hybridized carbons (Fsp3) is 0.292. The average molecular weight is 546 g/mol. The van der Waals surface area contributed by atoms with Gasteiger partial charge in [0.1, 0.15) is 40.0 Å². The minimum absolute atomic E-state index is 0.0411. The number of halogens is 3. The zero-order valence-electron chi connectivity index (χ0n) is 19.8. The number of aryl methyl sites for hydroxylation is 1. The molecule has 0 saturated carbocycles. The summed E-state index contributed by atoms with van der Waals surface area (Å²) in [6, 6.07) is 2.81. The van der Waals surface area contributed by atoms with Crippen LogP contribution in [0.4, 0.5) is 14.6 Å². The molecule has 9 nitrogen and oxygen atoms in total. The van der Waals surface area contributed by atoms with Crippen molar-refractivity contribution < 1.29 is 18.3 Å². The SMILES string of the molecule is C=CCC(F)(F)c1cc(NC(=O)c2cnc([C@@H](C)NC3OC3c3ncnc4c3ccn4C)s2)ncc1Cl. The molecule has 4 aromatic heterocycles. The predicted octanol–water partition coefficient (Wildman–Crippen LogP) is 5.14. The zero-order valence-corrected chi connectivity index (χ0v) is 21.4. The van der Waals surface area contributed by atoms with Crippen molar-refractivity contribution in [2.24, 2.45) is 7.05 Å². The Labute approximate surface area is 219 Å². The number of hydrogen-bond acceptors (Lipinski definition) is 8. The molecule has 1 saturated heterocycles. The number of carbonyl (C=O) groups excluding carboxylic acids is 1. The Morgan fingerprint density at radius 3 is 2.95 bits per heavy atom. The number of aromatic nitrogens is 5. The zero-order chi connectivity index (χ0) is 26.3. The quantitative estimate of drug-likeness (QED) is 0.221. The van der Waals surface area contributed by atoms with Gasteiger partial charge in [-0.1, -0.05) is 17.7 Å². The van der Waals surface area contributed by atoms with Gasteiger partial charge in [0.2, 0.25) is 0 Å². The summed E-state index contributed by atoms with van der Waals surface area (Å²) >= 11 is 7.09. The predicted molar refractivity (Wildman–Crippen MR) is 136 cm³/mol. The fourth-order valence-electron chi connectivity index (χ4n) is 3.94. The van der Waals surface area contributed by atoms with Crippen LogP contribution in [0.5, 0.6) is 0 Å². The number of carbonyl (C=O) groups is 1. The largest absolute Gasteiger partial charge is 0.346 e. The molecule has 5 rings (SSSR count). The summed E-state index contributed by atoms with van der Waals surface area (Å²) in [5.41, 5.74) is 1.20. The van der Waals surface area contributed by atoms with Gasteiger partial charge in [0, 0.05) is 36.8 Å². The van der Waals surface area contributed by atoms with Crippen molar-refractivity contribution in [3.05, 3.63) is 75.9 Å². The third kappa shape index (κ3) is 5.10. The minimum Gasteiger partial charge on any atom is -0.346 e. The highest BCUT2D eigenvalue weighted by atomic mass is 35.5. The molecule has 3 atom stereocenters. The molecule has 0 radical (unpaired) electrons. The van der Waals surface area contributed by atoms with Crippen molar-refractivity contribution in [2.75, 3.05) is 5.32 Å². The second-order valence-corrected chi connectivity index (χ2v) is 10.0. The van der Waals surface area contributed by atoms with Crippen LogP contribution in [0.25, 0.3) is 11.0 Å². The molecule has 0 aromatic carbocycles. The van der Waals surface area contributed by atoms with E-state index < -0.39 is 23.8 Å². The molecule has 192 valence electrons. The number of fused-ring (bicyclic) bond motifs is 1. The van der Waals surface area contributed by atoms with E-state index in [1.54, 1.807) is 0 Å². The van der Waals surface area contributed by atoms with Gasteiger partial charge < -0.3 is 14.6 Å². The Morgan fingerprint density at radius 1 is 1.35 bits per heavy atom. The lowest BCUT2D eigenvalue weighted by Crippen LogP contribution is -2.22. The van der Waals surface area contributed by atoms with Crippen LogP contribution < -0.4 is 10.6 Å². The van der Waals surface area contributed by atoms with Crippen LogP contribution in [0.2, 0.25) is 5.02 Å². The number of thiazole rings is 1. The molecule has 37 heavy (non-hydrogen) atoms. The number of rotatable bonds is 9. The van der Waals surface area contributed by atoms with Crippen molar-refractivity contribution in [1.29, 1.82) is 0 Å². The molecular formula is C24H22ClF2N7O2S. The molecule has 1 fully saturated rings. The lowest BCUT2D eigenvalue weighted by Gasteiger charge is -2.17. The average Bonchev–Trinajstić information content (AvgIpc) is 3.25. The number of ether oxygens (including phenoxy) is 1. The summed E-state index contributed by atoms with van der Waals surface area (Å²) in [5.74, 6) is -3.79. The molecule has 0 bridgehead atoms. The van der Waals surface area contributed by atoms with Crippen molar-refractivity contribution in [2.45, 2.75) is 37.6 Å². The van der Waals surface area contributed by atoms with Crippen molar-refractivity contribution in [1.82, 2.24) is 29.8 Å². The van der Waals surface area contributed by atoms with E-state index in [1.165, 1.54) is 23.9 Å². The summed E-state index contributed by atoms with van der Waals surface area (Å²) in [5, 5.41) is 7.28. The standard InChI is InChI=1S/C24H22ClF2N7O2S/c1-4-6-24(26,27)14-8-17(28-9-15(14)25)33-21(35)16-10-29-23(37-16)12(2)32-22-19(36-22)18-13-5-7-34(3)20(13)31-11-30-18/h4-5,7-12,19,22,32H,1,6H2,2-3H3,(H,28,33,35)/t12-,19?,22?/m1/s1. The Bertz CT molecular complexity index is 1490. The molecule has 1 aliphatic rings. The van der Waals surface area contributed by atoms with E-state index >= 15 is 0 Å². The first kappa shape index (κ1) is 25.3. The van der Waals surface area contributed by atoms with E-state index in [4.69, 9.17) is 16.3 Å². The second-order valence-electron chi connectivity index (χ2n) is 8.55. The number of epoxide rings is 1. The van der Waals surface area contributed by atoms with E-state index in [1.807, 2.05) is 30.8 Å². The van der Waals surface area contributed by atoms with Crippen molar-refractivity contribution in [3.8, 4) is 0 Å². The third-order valence-electron chi connectivity index (χ3n) is 5.88. The molecule has 0 aliphatic carbocycles. The highest BCUT2D eigenvalue weighted by Crippen LogP contribution is 2.40. The van der Waals surface area contributed by atoms with Gasteiger partial charge in [0.15, 0.2) is 0 Å². The van der Waals surface area contributed by atoms with Gasteiger partial charge >= 0.3 is 0 Å². The maximum atomic E-state index is 14.3. The second kappa shape index (κ2) is 9.86. The maximum Gasteiger partial charge on any atom is 0.278 e. The van der Waals surface area contributed by atoms with Gasteiger partial charge in [-0.3, -0.25) is 10.1 Å². The molecule has 1 aliphatic heterocycles. The summed E-state index contributed by atoms with van der Waals surface area (Å²) < 4.78 is 36.4. The molecular weight excluding hydrogens is 524 g/mol. The van der Waals surface area contributed by atoms with Gasteiger partial charge in [-0.2, -0.15) is 0 Å². The first-order valence-electron chi connectivity index (χ1n) is 11.3. The molecule has 5 heterocycles. The number of amides is 1. The minimum atomic E-state index is -3.24. The number of nitrogens with one attached hydrogen (secondary N) is 2. The van der Waals surface area contributed by atoms with Gasteiger partial charge in [-0.05, 0) is 19.1 Å². The van der Waals surface area contributed by atoms with Crippen LogP contribution in [-0.4, -0.2) is 36.6 Å². The van der Waals surface area contributed by atoms with Gasteiger partial charge in [0.05, 0.1) is 23.0 Å². The summed E-state index contributed by atoms with van der Waals surface area (Å²) in [6.45, 7) is 5.26. The van der Waals surface area contributed by atoms with Crippen molar-refractivity contribution in [3.63, 3.8) is 0 Å². The van der Waals surface area contributed by atoms with Crippen LogP contribution in [-0.2, 0) is 17.7 Å².